The molecule has 3 N–H and O–H groups in total. The van der Waals surface area contributed by atoms with Gasteiger partial charge in [-0.1, -0.05) is 27.7 Å². The molecule has 0 bridgehead atoms. The number of nitrogens with one attached hydrogen (secondary N) is 2. The third kappa shape index (κ3) is 5.66. The van der Waals surface area contributed by atoms with Gasteiger partial charge in [0.05, 0.1) is 5.69 Å². The second-order valence-corrected chi connectivity index (χ2v) is 10.9. The van der Waals surface area contributed by atoms with Crippen molar-refractivity contribution in [3.8, 4) is 0 Å². The Kier molecular flexibility index (Phi) is 7.41. The molecule has 1 heterocycles. The van der Waals surface area contributed by atoms with Gasteiger partial charge in [0.2, 0.25) is 0 Å². The van der Waals surface area contributed by atoms with Crippen molar-refractivity contribution in [3.05, 3.63) is 40.8 Å². The Bertz CT molecular complexity index is 1070. The lowest BCUT2D eigenvalue weighted by Gasteiger charge is -2.20. The van der Waals surface area contributed by atoms with Crippen molar-refractivity contribution >= 4 is 21.7 Å². The number of aromatic nitrogens is 2. The number of nitrogens with zero attached hydrogens (tertiary/aromatic N) is 2. The van der Waals surface area contributed by atoms with Crippen LogP contribution in [0.25, 0.3) is 0 Å². The Hall–Kier alpha value is -2.46. The van der Waals surface area contributed by atoms with Crippen LogP contribution in [0.4, 0.5) is 14.9 Å². The predicted molar refractivity (Wildman–Crippen MR) is 122 cm³/mol. The summed E-state index contributed by atoms with van der Waals surface area (Å²) in [4.78, 5) is 12.7. The fraction of sp³-hybridized carbons (Fsp3) is 0.545. The van der Waals surface area contributed by atoms with Crippen molar-refractivity contribution in [1.29, 1.82) is 0 Å². The molecular formula is C22H33FN4O4S. The van der Waals surface area contributed by atoms with E-state index in [9.17, 15) is 22.7 Å². The van der Waals surface area contributed by atoms with Gasteiger partial charge < -0.3 is 10.4 Å². The van der Waals surface area contributed by atoms with Crippen LogP contribution in [0, 0.1) is 5.82 Å². The van der Waals surface area contributed by atoms with Crippen LogP contribution in [-0.4, -0.2) is 29.3 Å². The van der Waals surface area contributed by atoms with Crippen LogP contribution >= 0.6 is 0 Å². The van der Waals surface area contributed by atoms with Crippen LogP contribution in [-0.2, 0) is 15.6 Å². The van der Waals surface area contributed by atoms with Gasteiger partial charge >= 0.3 is 6.03 Å². The summed E-state index contributed by atoms with van der Waals surface area (Å²) in [6.45, 7) is 14.1. The Morgan fingerprint density at radius 1 is 1.06 bits per heavy atom. The molecule has 0 aliphatic heterocycles. The first-order chi connectivity index (χ1) is 14.5. The molecule has 1 aromatic carbocycles. The summed E-state index contributed by atoms with van der Waals surface area (Å²) in [6, 6.07) is 2.72. The van der Waals surface area contributed by atoms with Crippen molar-refractivity contribution in [2.45, 2.75) is 83.9 Å². The molecule has 8 nitrogen and oxygen atoms in total. The van der Waals surface area contributed by atoms with E-state index >= 15 is 0 Å². The van der Waals surface area contributed by atoms with Crippen LogP contribution in [0.5, 0.6) is 0 Å². The molecule has 0 atom stereocenters. The summed E-state index contributed by atoms with van der Waals surface area (Å²) in [5.74, 6) is -0.633. The third-order valence-corrected chi connectivity index (χ3v) is 6.18. The van der Waals surface area contributed by atoms with Crippen LogP contribution in [0.1, 0.15) is 90.1 Å². The second kappa shape index (κ2) is 9.19. The Morgan fingerprint density at radius 2 is 1.56 bits per heavy atom. The van der Waals surface area contributed by atoms with Gasteiger partial charge in [-0.25, -0.2) is 13.9 Å². The lowest BCUT2D eigenvalue weighted by molar-refractivity contribution is 0.0669. The average molecular weight is 469 g/mol. The average Bonchev–Trinajstić information content (AvgIpc) is 3.09. The molecular weight excluding hydrogens is 435 g/mol. The monoisotopic (exact) mass is 468 g/mol. The van der Waals surface area contributed by atoms with Crippen molar-refractivity contribution in [2.75, 3.05) is 5.32 Å². The smallest absolute Gasteiger partial charge is 0.333 e. The normalized spacial score (nSPS) is 12.7. The number of urea groups is 1. The number of anilines is 1. The fourth-order valence-electron chi connectivity index (χ4n) is 3.37. The molecule has 2 amide bonds. The quantitative estimate of drug-likeness (QED) is 0.550. The molecule has 32 heavy (non-hydrogen) atoms. The van der Waals surface area contributed by atoms with Gasteiger partial charge in [0.25, 0.3) is 10.0 Å². The first-order valence-electron chi connectivity index (χ1n) is 10.5. The molecule has 0 saturated heterocycles. The topological polar surface area (TPSA) is 113 Å². The highest BCUT2D eigenvalue weighted by Gasteiger charge is 2.30. The van der Waals surface area contributed by atoms with E-state index in [0.29, 0.717) is 22.5 Å². The fourth-order valence-corrected chi connectivity index (χ4v) is 4.23. The number of sulfonamides is 1. The molecule has 0 radical (unpaired) electrons. The molecule has 0 aliphatic carbocycles. The van der Waals surface area contributed by atoms with Gasteiger partial charge in [-0.2, -0.15) is 13.5 Å². The molecule has 0 saturated carbocycles. The number of hydrogen-bond acceptors (Lipinski definition) is 5. The van der Waals surface area contributed by atoms with Gasteiger partial charge in [0, 0.05) is 17.8 Å². The number of rotatable bonds is 7. The SMILES string of the molecule is CC(C)c1cc(F)cc(C(C)C)c1NC(=O)NS(=O)(=O)c1cc(C(C)(C)O)n(C(C)C)n1. The van der Waals surface area contributed by atoms with Crippen molar-refractivity contribution < 1.29 is 22.7 Å². The zero-order valence-electron chi connectivity index (χ0n) is 19.8. The van der Waals surface area contributed by atoms with Gasteiger partial charge in [-0.05, 0) is 62.8 Å². The summed E-state index contributed by atoms with van der Waals surface area (Å²) in [5.41, 5.74) is 0.481. The van der Waals surface area contributed by atoms with Gasteiger partial charge in [0.15, 0.2) is 5.03 Å². The highest BCUT2D eigenvalue weighted by molar-refractivity contribution is 7.90. The Labute approximate surface area is 189 Å². The van der Waals surface area contributed by atoms with Crippen molar-refractivity contribution in [1.82, 2.24) is 14.5 Å². The molecule has 0 aliphatic rings. The summed E-state index contributed by atoms with van der Waals surface area (Å²) in [6.07, 6.45) is 0. The number of halogens is 1. The molecule has 10 heteroatoms. The first-order valence-corrected chi connectivity index (χ1v) is 12.0. The standard InChI is InChI=1S/C22H33FN4O4S/c1-12(2)16-9-15(23)10-17(13(3)4)20(16)24-21(28)26-32(30,31)19-11-18(22(7,8)29)27(25-19)14(5)6/h9-14,29H,1-8H3,(H2,24,26,28). The molecule has 0 spiro atoms. The summed E-state index contributed by atoms with van der Waals surface area (Å²) in [7, 11) is -4.33. The van der Waals surface area contributed by atoms with E-state index in [1.54, 1.807) is 13.8 Å². The molecule has 2 rings (SSSR count). The summed E-state index contributed by atoms with van der Waals surface area (Å²) in [5, 5.41) is 16.7. The molecule has 0 fully saturated rings. The van der Waals surface area contributed by atoms with E-state index in [4.69, 9.17) is 0 Å². The van der Waals surface area contributed by atoms with Gasteiger partial charge in [-0.3, -0.25) is 4.68 Å². The maximum atomic E-state index is 14.1. The highest BCUT2D eigenvalue weighted by Crippen LogP contribution is 2.33. The van der Waals surface area contributed by atoms with Crippen LogP contribution in [0.2, 0.25) is 0 Å². The van der Waals surface area contributed by atoms with Gasteiger partial charge in [-0.15, -0.1) is 0 Å². The second-order valence-electron chi connectivity index (χ2n) is 9.29. The maximum Gasteiger partial charge on any atom is 0.333 e. The first kappa shape index (κ1) is 25.8. The number of hydrogen-bond donors (Lipinski definition) is 3. The highest BCUT2D eigenvalue weighted by atomic mass is 32.2. The lowest BCUT2D eigenvalue weighted by Crippen LogP contribution is -2.35. The van der Waals surface area contributed by atoms with E-state index in [2.05, 4.69) is 10.4 Å². The number of amides is 2. The maximum absolute atomic E-state index is 14.1. The lowest BCUT2D eigenvalue weighted by atomic mass is 9.92. The van der Waals surface area contributed by atoms with Crippen LogP contribution < -0.4 is 10.0 Å². The minimum absolute atomic E-state index is 0.105. The van der Waals surface area contributed by atoms with Gasteiger partial charge in [0.1, 0.15) is 11.4 Å². The van der Waals surface area contributed by atoms with Crippen LogP contribution in [0.15, 0.2) is 23.2 Å². The number of aliphatic hydroxyl groups is 1. The minimum atomic E-state index is -4.33. The summed E-state index contributed by atoms with van der Waals surface area (Å²) < 4.78 is 43.2. The van der Waals surface area contributed by atoms with Crippen molar-refractivity contribution in [2.24, 2.45) is 0 Å². The third-order valence-electron chi connectivity index (χ3n) is 4.98. The Balaban J connectivity index is 2.41. The minimum Gasteiger partial charge on any atom is -0.384 e. The van der Waals surface area contributed by atoms with E-state index < -0.39 is 27.5 Å². The van der Waals surface area contributed by atoms with E-state index in [1.807, 2.05) is 32.4 Å². The predicted octanol–water partition coefficient (Wildman–Crippen LogP) is 4.59. The number of carbonyl (C=O) groups excluding carboxylic acids is 1. The number of benzene rings is 1. The van der Waals surface area contributed by atoms with Crippen molar-refractivity contribution in [3.63, 3.8) is 0 Å². The van der Waals surface area contributed by atoms with Crippen LogP contribution in [0.3, 0.4) is 0 Å². The van der Waals surface area contributed by atoms with E-state index in [0.717, 1.165) is 0 Å². The zero-order valence-corrected chi connectivity index (χ0v) is 20.6. The largest absolute Gasteiger partial charge is 0.384 e. The van der Waals surface area contributed by atoms with E-state index in [1.165, 1.54) is 36.7 Å². The summed E-state index contributed by atoms with van der Waals surface area (Å²) >= 11 is 0. The zero-order chi connectivity index (χ0) is 24.6. The molecule has 0 unspecified atom stereocenters. The van der Waals surface area contributed by atoms with E-state index in [-0.39, 0.29) is 22.9 Å². The number of carbonyl (C=O) groups is 1. The molecule has 1 aromatic heterocycles. The molecule has 178 valence electrons. The Morgan fingerprint density at radius 3 is 1.94 bits per heavy atom. The molecule has 2 aromatic rings.